The van der Waals surface area contributed by atoms with Crippen LogP contribution in [0.4, 0.5) is 4.39 Å². The summed E-state index contributed by atoms with van der Waals surface area (Å²) in [6.07, 6.45) is 4.43. The van der Waals surface area contributed by atoms with Gasteiger partial charge in [0.05, 0.1) is 35.0 Å². The Morgan fingerprint density at radius 1 is 1.48 bits per heavy atom. The Kier molecular flexibility index (Phi) is 8.43. The summed E-state index contributed by atoms with van der Waals surface area (Å²) in [4.78, 5) is 21.8. The minimum absolute atomic E-state index is 0.153. The number of allylic oxidation sites excluding steroid dienone is 2. The topological polar surface area (TPSA) is 70.9 Å². The number of hydrogen-bond acceptors (Lipinski definition) is 6. The monoisotopic (exact) mass is 595 g/mol. The van der Waals surface area contributed by atoms with Gasteiger partial charge >= 0.3 is 0 Å². The maximum absolute atomic E-state index is 13.3. The molecule has 1 aliphatic rings. The highest BCUT2D eigenvalue weighted by Crippen LogP contribution is 2.38. The average molecular weight is 596 g/mol. The van der Waals surface area contributed by atoms with Crippen molar-refractivity contribution in [3.8, 4) is 11.6 Å². The van der Waals surface area contributed by atoms with Crippen LogP contribution in [0.3, 0.4) is 0 Å². The van der Waals surface area contributed by atoms with Gasteiger partial charge < -0.3 is 9.64 Å². The summed E-state index contributed by atoms with van der Waals surface area (Å²) in [5.74, 6) is 0.252. The maximum atomic E-state index is 13.3. The quantitative estimate of drug-likeness (QED) is 0.132. The van der Waals surface area contributed by atoms with E-state index in [0.29, 0.717) is 41.7 Å². The van der Waals surface area contributed by atoms with Crippen molar-refractivity contribution >= 4 is 64.2 Å². The average Bonchev–Trinajstić information content (AvgIpc) is 2.74. The molecule has 1 aromatic carbocycles. The summed E-state index contributed by atoms with van der Waals surface area (Å²) in [5, 5.41) is 4.90. The number of carbonyl (C=O) groups excluding carboxylic acids is 1. The number of hydrogen-bond donors (Lipinski definition) is 0. The van der Waals surface area contributed by atoms with Gasteiger partial charge in [0.2, 0.25) is 12.3 Å². The van der Waals surface area contributed by atoms with Crippen molar-refractivity contribution in [2.45, 2.75) is 26.3 Å². The molecule has 0 fully saturated rings. The highest BCUT2D eigenvalue weighted by atomic mass is 127. The molecule has 0 spiro atoms. The molecule has 2 aromatic rings. The minimum Gasteiger partial charge on any atom is -0.437 e. The lowest BCUT2D eigenvalue weighted by Crippen LogP contribution is -2.35. The lowest BCUT2D eigenvalue weighted by atomic mass is 9.99. The summed E-state index contributed by atoms with van der Waals surface area (Å²) in [7, 11) is 0. The molecule has 0 bridgehead atoms. The zero-order valence-corrected chi connectivity index (χ0v) is 21.2. The summed E-state index contributed by atoms with van der Waals surface area (Å²) in [5.41, 5.74) is 2.32. The van der Waals surface area contributed by atoms with Crippen LogP contribution in [0, 0.1) is 5.82 Å². The smallest absolute Gasteiger partial charge is 0.233 e. The van der Waals surface area contributed by atoms with Gasteiger partial charge in [-0.05, 0) is 60.5 Å². The van der Waals surface area contributed by atoms with Gasteiger partial charge in [-0.25, -0.2) is 19.1 Å². The number of ether oxygens (including phenoxy) is 1. The molecule has 7 nitrogen and oxygen atoms in total. The highest BCUT2D eigenvalue weighted by molar-refractivity contribution is 14.2. The van der Waals surface area contributed by atoms with E-state index in [1.807, 2.05) is 6.92 Å². The first-order chi connectivity index (χ1) is 14.8. The Morgan fingerprint density at radius 2 is 2.26 bits per heavy atom. The summed E-state index contributed by atoms with van der Waals surface area (Å²) < 4.78 is 20.5. The van der Waals surface area contributed by atoms with Crippen molar-refractivity contribution in [2.75, 3.05) is 6.54 Å². The Hall–Kier alpha value is -1.55. The van der Waals surface area contributed by atoms with Crippen molar-refractivity contribution in [1.82, 2.24) is 19.6 Å². The Balaban J connectivity index is 1.90. The van der Waals surface area contributed by atoms with Crippen LogP contribution in [0.15, 0.2) is 40.4 Å². The number of amides is 1. The molecule has 0 N–H and O–H groups in total. The van der Waals surface area contributed by atoms with Crippen LogP contribution in [0.25, 0.3) is 0 Å². The fraction of sp³-hybridized carbons (Fsp3) is 0.263. The molecule has 1 aromatic heterocycles. The molecule has 2 unspecified atom stereocenters. The molecule has 0 saturated carbocycles. The molecular weight excluding hydrogens is 578 g/mol. The van der Waals surface area contributed by atoms with E-state index in [4.69, 9.17) is 27.9 Å². The zero-order valence-electron chi connectivity index (χ0n) is 16.5. The fourth-order valence-electron chi connectivity index (χ4n) is 3.20. The normalized spacial score (nSPS) is 17.1. The zero-order chi connectivity index (χ0) is 22.5. The second kappa shape index (κ2) is 10.8. The molecule has 1 aliphatic heterocycles. The third-order valence-electron chi connectivity index (χ3n) is 4.66. The van der Waals surface area contributed by atoms with E-state index in [-0.39, 0.29) is 17.4 Å². The molecule has 0 radical (unpaired) electrons. The first kappa shape index (κ1) is 24.1. The Morgan fingerprint density at radius 3 is 2.90 bits per heavy atom. The van der Waals surface area contributed by atoms with Gasteiger partial charge in [0.25, 0.3) is 0 Å². The number of aromatic nitrogens is 2. The summed E-state index contributed by atoms with van der Waals surface area (Å²) in [6.45, 7) is 4.37. The molecule has 31 heavy (non-hydrogen) atoms. The van der Waals surface area contributed by atoms with E-state index in [1.165, 1.54) is 29.3 Å². The second-order valence-corrected chi connectivity index (χ2v) is 9.59. The Bertz CT molecular complexity index is 1040. The number of hydrazone groups is 1. The van der Waals surface area contributed by atoms with Crippen molar-refractivity contribution < 1.29 is 13.9 Å². The second-order valence-electron chi connectivity index (χ2n) is 6.54. The van der Waals surface area contributed by atoms with E-state index in [1.54, 1.807) is 13.1 Å². The van der Waals surface area contributed by atoms with Crippen LogP contribution in [-0.2, 0) is 11.2 Å². The lowest BCUT2D eigenvalue weighted by Gasteiger charge is -2.37. The molecular formula is C19H18Cl2FIN5O2P. The SMILES string of the molecule is C/C(Cl)=C(\C=N/N(C=O)PI)N1CCc2c(Oc3ccc(F)cc3Cl)ncnc2C1C. The summed E-state index contributed by atoms with van der Waals surface area (Å²) >= 11 is 14.5. The molecule has 1 amide bonds. The van der Waals surface area contributed by atoms with Gasteiger partial charge in [0, 0.05) is 17.1 Å². The van der Waals surface area contributed by atoms with Crippen molar-refractivity contribution in [3.63, 3.8) is 0 Å². The van der Waals surface area contributed by atoms with Crippen LogP contribution in [0.1, 0.15) is 31.1 Å². The predicted molar refractivity (Wildman–Crippen MR) is 130 cm³/mol. The van der Waals surface area contributed by atoms with E-state index >= 15 is 0 Å². The van der Waals surface area contributed by atoms with Crippen molar-refractivity contribution in [1.29, 1.82) is 0 Å². The number of carbonyl (C=O) groups is 1. The third-order valence-corrected chi connectivity index (χ3v) is 7.02. The van der Waals surface area contributed by atoms with Crippen LogP contribution in [0.2, 0.25) is 5.02 Å². The van der Waals surface area contributed by atoms with Crippen LogP contribution >= 0.6 is 51.6 Å². The third kappa shape index (κ3) is 5.63. The molecule has 0 saturated heterocycles. The van der Waals surface area contributed by atoms with Crippen LogP contribution in [0.5, 0.6) is 11.6 Å². The molecule has 3 rings (SSSR count). The largest absolute Gasteiger partial charge is 0.437 e. The van der Waals surface area contributed by atoms with Gasteiger partial charge in [0.1, 0.15) is 17.9 Å². The summed E-state index contributed by atoms with van der Waals surface area (Å²) in [6, 6.07) is 3.77. The number of fused-ring (bicyclic) bond motifs is 1. The van der Waals surface area contributed by atoms with Gasteiger partial charge in [-0.2, -0.15) is 5.10 Å². The van der Waals surface area contributed by atoms with Crippen LogP contribution < -0.4 is 4.74 Å². The van der Waals surface area contributed by atoms with E-state index in [9.17, 15) is 9.18 Å². The van der Waals surface area contributed by atoms with Gasteiger partial charge in [0.15, 0.2) is 0 Å². The highest BCUT2D eigenvalue weighted by Gasteiger charge is 2.30. The standard InChI is InChI=1S/C19H18Cl2FIN5O2P/c1-11(20)16(8-26-28(10-29)31-23)27-6-5-14-18(12(27)2)24-9-25-19(14)30-17-4-3-13(22)7-15(17)21/h3-4,7-10,12,31H,5-6H2,1-2H3/b16-11-,26-8-. The Labute approximate surface area is 204 Å². The number of rotatable bonds is 7. The fourth-order valence-corrected chi connectivity index (χ4v) is 4.42. The molecule has 0 aliphatic carbocycles. The van der Waals surface area contributed by atoms with E-state index in [2.05, 4.69) is 42.0 Å². The van der Waals surface area contributed by atoms with E-state index < -0.39 is 5.82 Å². The number of halogens is 4. The maximum Gasteiger partial charge on any atom is 0.233 e. The van der Waals surface area contributed by atoms with Gasteiger partial charge in [-0.15, -0.1) is 0 Å². The molecule has 2 atom stereocenters. The van der Waals surface area contributed by atoms with Crippen molar-refractivity contribution in [2.24, 2.45) is 5.10 Å². The van der Waals surface area contributed by atoms with E-state index in [0.717, 1.165) is 11.3 Å². The van der Waals surface area contributed by atoms with Crippen molar-refractivity contribution in [3.05, 3.63) is 57.4 Å². The predicted octanol–water partition coefficient (Wildman–Crippen LogP) is 5.84. The molecule has 164 valence electrons. The molecule has 2 heterocycles. The lowest BCUT2D eigenvalue weighted by molar-refractivity contribution is -0.113. The first-order valence-electron chi connectivity index (χ1n) is 9.10. The number of nitrogens with zero attached hydrogens (tertiary/aromatic N) is 5. The molecule has 12 heteroatoms. The first-order valence-corrected chi connectivity index (χ1v) is 13.9. The number of benzene rings is 1. The minimum atomic E-state index is -0.444. The van der Waals surface area contributed by atoms with Crippen LogP contribution in [-0.4, -0.2) is 38.8 Å². The van der Waals surface area contributed by atoms with Gasteiger partial charge in [-0.3, -0.25) is 4.79 Å². The van der Waals surface area contributed by atoms with Gasteiger partial charge in [-0.1, -0.05) is 23.2 Å².